The number of alkyl halides is 3. The quantitative estimate of drug-likeness (QED) is 0.0940. The maximum Gasteiger partial charge on any atom is 0.416 e. The van der Waals surface area contributed by atoms with Gasteiger partial charge in [-0.1, -0.05) is 60.7 Å². The molecule has 1 fully saturated rings. The molecular formula is C41H40F5N3O3S. The van der Waals surface area contributed by atoms with Crippen LogP contribution in [-0.4, -0.2) is 59.5 Å². The first-order valence-electron chi connectivity index (χ1n) is 21.5. The van der Waals surface area contributed by atoms with Crippen molar-refractivity contribution < 1.29 is 45.2 Å². The van der Waals surface area contributed by atoms with Crippen molar-refractivity contribution in [1.29, 1.82) is 0 Å². The van der Waals surface area contributed by atoms with Crippen LogP contribution in [0.2, 0.25) is 0 Å². The fraction of sp³-hybridized carbons (Fsp3) is 0.317. The highest BCUT2D eigenvalue weighted by Crippen LogP contribution is 2.34. The van der Waals surface area contributed by atoms with Gasteiger partial charge in [0, 0.05) is 60.9 Å². The molecule has 278 valence electrons. The lowest BCUT2D eigenvalue weighted by atomic mass is 9.96. The molecule has 1 aliphatic rings. The lowest BCUT2D eigenvalue weighted by Crippen LogP contribution is -2.49. The number of aromatic nitrogens is 1. The minimum absolute atomic E-state index is 0.0683. The molecule has 6 rings (SSSR count). The van der Waals surface area contributed by atoms with Crippen molar-refractivity contribution in [3.05, 3.63) is 136 Å². The Labute approximate surface area is 323 Å². The Balaban J connectivity index is 1.40. The van der Waals surface area contributed by atoms with Crippen LogP contribution in [0.25, 0.3) is 22.0 Å². The van der Waals surface area contributed by atoms with Crippen molar-refractivity contribution >= 4 is 28.6 Å². The number of hydrogen-bond acceptors (Lipinski definition) is 5. The molecular weight excluding hydrogens is 710 g/mol. The molecule has 5 aromatic rings. The van der Waals surface area contributed by atoms with Gasteiger partial charge in [-0.2, -0.15) is 13.2 Å². The Morgan fingerprint density at radius 3 is 2.36 bits per heavy atom. The third-order valence-corrected chi connectivity index (χ3v) is 9.92. The number of carbonyl (C=O) groups is 1. The summed E-state index contributed by atoms with van der Waals surface area (Å²) in [6.07, 6.45) is -4.69. The summed E-state index contributed by atoms with van der Waals surface area (Å²) in [7, 11) is -3.28. The van der Waals surface area contributed by atoms with E-state index in [2.05, 4.69) is 4.74 Å². The van der Waals surface area contributed by atoms with Gasteiger partial charge in [-0.15, -0.1) is 11.8 Å². The second-order valence-corrected chi connectivity index (χ2v) is 13.1. The van der Waals surface area contributed by atoms with E-state index in [1.807, 2.05) is 0 Å². The van der Waals surface area contributed by atoms with E-state index in [-0.39, 0.29) is 47.4 Å². The van der Waals surface area contributed by atoms with Crippen LogP contribution in [0.3, 0.4) is 0 Å². The smallest absolute Gasteiger partial charge is 0.383 e. The number of halogens is 5. The summed E-state index contributed by atoms with van der Waals surface area (Å²) < 4.78 is 158. The second kappa shape index (κ2) is 16.7. The fourth-order valence-electron chi connectivity index (χ4n) is 6.34. The lowest BCUT2D eigenvalue weighted by molar-refractivity contribution is -0.138. The van der Waals surface area contributed by atoms with Crippen LogP contribution in [-0.2, 0) is 28.0 Å². The summed E-state index contributed by atoms with van der Waals surface area (Å²) in [6, 6.07) is 18.0. The molecule has 2 heterocycles. The zero-order chi connectivity index (χ0) is 46.5. The van der Waals surface area contributed by atoms with E-state index in [9.17, 15) is 28.1 Å². The molecule has 1 saturated heterocycles. The van der Waals surface area contributed by atoms with Gasteiger partial charge in [0.25, 0.3) is 0 Å². The zero-order valence-corrected chi connectivity index (χ0v) is 29.0. The first-order valence-corrected chi connectivity index (χ1v) is 17.3. The summed E-state index contributed by atoms with van der Waals surface area (Å²) in [5, 5.41) is -0.0111. The number of para-hydroxylation sites is 1. The number of amides is 1. The largest absolute Gasteiger partial charge is 0.416 e. The van der Waals surface area contributed by atoms with Crippen molar-refractivity contribution in [3.63, 3.8) is 0 Å². The van der Waals surface area contributed by atoms with Gasteiger partial charge in [0.1, 0.15) is 6.54 Å². The highest BCUT2D eigenvalue weighted by atomic mass is 32.2. The van der Waals surface area contributed by atoms with Gasteiger partial charge in [0.15, 0.2) is 17.1 Å². The van der Waals surface area contributed by atoms with Crippen molar-refractivity contribution in [2.24, 2.45) is 0 Å². The number of likely N-dealkylation sites (tertiary alicyclic amines) is 1. The normalized spacial score (nSPS) is 19.2. The molecule has 0 N–H and O–H groups in total. The van der Waals surface area contributed by atoms with Gasteiger partial charge in [-0.3, -0.25) is 9.59 Å². The van der Waals surface area contributed by atoms with Crippen LogP contribution < -0.4 is 5.43 Å². The number of carbonyl (C=O) groups excluding carboxylic acids is 1. The molecule has 0 aliphatic carbocycles. The maximum absolute atomic E-state index is 15.0. The third-order valence-electron chi connectivity index (χ3n) is 9.05. The van der Waals surface area contributed by atoms with Gasteiger partial charge in [0.2, 0.25) is 5.91 Å². The lowest BCUT2D eigenvalue weighted by Gasteiger charge is -2.42. The predicted octanol–water partition coefficient (Wildman–Crippen LogP) is 8.96. The van der Waals surface area contributed by atoms with Gasteiger partial charge >= 0.3 is 6.18 Å². The number of fused-ring (bicyclic) bond motifs is 1. The van der Waals surface area contributed by atoms with Crippen molar-refractivity contribution in [2.45, 2.75) is 55.3 Å². The van der Waals surface area contributed by atoms with E-state index in [4.69, 9.17) is 12.3 Å². The summed E-state index contributed by atoms with van der Waals surface area (Å²) in [4.78, 5) is 30.7. The fourth-order valence-corrected chi connectivity index (χ4v) is 7.15. The van der Waals surface area contributed by atoms with Crippen LogP contribution in [0.1, 0.15) is 56.2 Å². The van der Waals surface area contributed by atoms with E-state index < -0.39 is 84.7 Å². The molecule has 1 aromatic heterocycles. The van der Waals surface area contributed by atoms with Gasteiger partial charge in [0.05, 0.1) is 36.9 Å². The number of piperidine rings is 1. The molecule has 1 amide bonds. The molecule has 53 heavy (non-hydrogen) atoms. The molecule has 1 aliphatic heterocycles. The van der Waals surface area contributed by atoms with E-state index in [0.29, 0.717) is 22.9 Å². The molecule has 6 nitrogen and oxygen atoms in total. The van der Waals surface area contributed by atoms with E-state index in [1.54, 1.807) is 24.3 Å². The molecule has 0 radical (unpaired) electrons. The number of rotatable bonds is 12. The Hall–Kier alpha value is -4.52. The summed E-state index contributed by atoms with van der Waals surface area (Å²) in [6.45, 7) is -5.99. The number of methoxy groups -OCH3 is 1. The van der Waals surface area contributed by atoms with Crippen LogP contribution in [0.4, 0.5) is 22.0 Å². The van der Waals surface area contributed by atoms with Crippen LogP contribution in [0.15, 0.2) is 107 Å². The zero-order valence-electron chi connectivity index (χ0n) is 38.2. The summed E-state index contributed by atoms with van der Waals surface area (Å²) >= 11 is 0.355. The summed E-state index contributed by atoms with van der Waals surface area (Å²) in [5.41, 5.74) is -3.41. The SMILES string of the molecule is [2H]C([2H])([2H])OC([2H])([2H])C([2H])([2H])N1CCC(N(C(=O)Cn2c(SC([2H])([2H])c3cccc(F)c3F)cc(=O)c3ccccc32)C([2H])(C)c2ccc(-c3ccc(C(F)(F)F)cc3)cc2)CC1. The molecule has 12 heteroatoms. The Morgan fingerprint density at radius 2 is 1.68 bits per heavy atom. The predicted molar refractivity (Wildman–Crippen MR) is 198 cm³/mol. The molecule has 1 unspecified atom stereocenters. The van der Waals surface area contributed by atoms with Gasteiger partial charge in [-0.25, -0.2) is 8.78 Å². The molecule has 0 saturated carbocycles. The van der Waals surface area contributed by atoms with Crippen molar-refractivity contribution in [1.82, 2.24) is 14.4 Å². The number of ether oxygens (including phenoxy) is 1. The standard InChI is InChI=1S/C41H40F5N3O3S/c1-27(28-10-12-29(13-11-28)30-14-16-32(17-15-30)41(44,45)46)49(33-18-20-47(21-19-33)22-23-52-2)38(51)25-48-36-9-4-3-7-34(36)37(50)24-39(48)53-26-31-6-5-8-35(42)40(31)43/h3-17,24,27,33H,18-23,25-26H2,1-2H3/i2D3,22D2,23D2,26D2,27D. The third kappa shape index (κ3) is 8.83. The highest BCUT2D eigenvalue weighted by molar-refractivity contribution is 7.98. The van der Waals surface area contributed by atoms with Crippen molar-refractivity contribution in [2.75, 3.05) is 33.2 Å². The van der Waals surface area contributed by atoms with Crippen molar-refractivity contribution in [3.8, 4) is 11.1 Å². The molecule has 0 bridgehead atoms. The van der Waals surface area contributed by atoms with Gasteiger partial charge < -0.3 is 19.1 Å². The second-order valence-electron chi connectivity index (χ2n) is 12.3. The number of pyridine rings is 1. The Kier molecular flexibility index (Phi) is 8.52. The van der Waals surface area contributed by atoms with E-state index >= 15 is 4.79 Å². The minimum atomic E-state index is -4.55. The minimum Gasteiger partial charge on any atom is -0.383 e. The molecule has 1 atom stereocenters. The maximum atomic E-state index is 15.0. The van der Waals surface area contributed by atoms with E-state index in [0.717, 1.165) is 41.3 Å². The monoisotopic (exact) mass is 759 g/mol. The first-order chi connectivity index (χ1) is 29.1. The highest BCUT2D eigenvalue weighted by Gasteiger charge is 2.33. The van der Waals surface area contributed by atoms with Crippen LogP contribution in [0, 0.1) is 11.6 Å². The number of benzene rings is 4. The summed E-state index contributed by atoms with van der Waals surface area (Å²) in [5.74, 6) is -3.51. The Bertz CT molecular complexity index is 2530. The number of hydrogen-bond donors (Lipinski definition) is 0. The van der Waals surface area contributed by atoms with Gasteiger partial charge in [-0.05, 0) is 66.8 Å². The first kappa shape index (κ1) is 27.1. The number of thioether (sulfide) groups is 1. The average Bonchev–Trinajstić information content (AvgIpc) is 3.19. The topological polar surface area (TPSA) is 54.8 Å². The van der Waals surface area contributed by atoms with E-state index in [1.165, 1.54) is 52.8 Å². The molecule has 4 aromatic carbocycles. The number of nitrogens with zero attached hydrogens (tertiary/aromatic N) is 3. The van der Waals surface area contributed by atoms with Crippen LogP contribution >= 0.6 is 11.8 Å². The average molecular weight is 760 g/mol. The Morgan fingerprint density at radius 1 is 1.00 bits per heavy atom. The van der Waals surface area contributed by atoms with Crippen LogP contribution in [0.5, 0.6) is 0 Å². The molecule has 0 spiro atoms.